The summed E-state index contributed by atoms with van der Waals surface area (Å²) in [6, 6.07) is 5.53. The van der Waals surface area contributed by atoms with Gasteiger partial charge in [0.2, 0.25) is 0 Å². The second kappa shape index (κ2) is 9.20. The number of methoxy groups -OCH3 is 2. The molecule has 6 heteroatoms. The molecule has 0 saturated heterocycles. The van der Waals surface area contributed by atoms with Crippen molar-refractivity contribution in [2.24, 2.45) is 0 Å². The number of hydrogen-bond acceptors (Lipinski definition) is 6. The number of aliphatic hydroxyl groups is 1. The van der Waals surface area contributed by atoms with Crippen LogP contribution in [0.1, 0.15) is 18.9 Å². The Morgan fingerprint density at radius 2 is 2.10 bits per heavy atom. The molecule has 0 heterocycles. The van der Waals surface area contributed by atoms with Crippen LogP contribution >= 0.6 is 0 Å². The van der Waals surface area contributed by atoms with E-state index in [0.29, 0.717) is 25.4 Å². The summed E-state index contributed by atoms with van der Waals surface area (Å²) in [4.78, 5) is 11.2. The van der Waals surface area contributed by atoms with Gasteiger partial charge in [0.15, 0.2) is 0 Å². The summed E-state index contributed by atoms with van der Waals surface area (Å²) in [7, 11) is 3.19. The van der Waals surface area contributed by atoms with Crippen molar-refractivity contribution in [2.75, 3.05) is 27.4 Å². The summed E-state index contributed by atoms with van der Waals surface area (Å²) in [5, 5.41) is 12.8. The Morgan fingerprint density at radius 1 is 1.33 bits per heavy atom. The van der Waals surface area contributed by atoms with E-state index in [0.717, 1.165) is 11.3 Å². The molecule has 0 aliphatic heterocycles. The maximum absolute atomic E-state index is 11.2. The van der Waals surface area contributed by atoms with Crippen LogP contribution in [-0.2, 0) is 16.1 Å². The maximum atomic E-state index is 11.2. The highest BCUT2D eigenvalue weighted by Gasteiger charge is 2.12. The molecule has 2 N–H and O–H groups in total. The van der Waals surface area contributed by atoms with E-state index in [4.69, 9.17) is 14.2 Å². The Hall–Kier alpha value is -1.79. The van der Waals surface area contributed by atoms with Gasteiger partial charge in [0.05, 0.1) is 33.4 Å². The number of rotatable bonds is 9. The van der Waals surface area contributed by atoms with Crippen LogP contribution in [0.5, 0.6) is 11.5 Å². The second-order valence-electron chi connectivity index (χ2n) is 4.47. The van der Waals surface area contributed by atoms with E-state index in [2.05, 4.69) is 5.32 Å². The third-order valence-electron chi connectivity index (χ3n) is 2.90. The smallest absolute Gasteiger partial charge is 0.308 e. The molecule has 1 atom stereocenters. The number of aliphatic hydroxyl groups excluding tert-OH is 1. The van der Waals surface area contributed by atoms with Gasteiger partial charge in [-0.2, -0.15) is 0 Å². The van der Waals surface area contributed by atoms with Crippen molar-refractivity contribution in [1.29, 1.82) is 0 Å². The lowest BCUT2D eigenvalue weighted by Crippen LogP contribution is -2.29. The van der Waals surface area contributed by atoms with Gasteiger partial charge in [0.1, 0.15) is 11.5 Å². The minimum atomic E-state index is -0.770. The molecule has 0 amide bonds. The Kier molecular flexibility index (Phi) is 7.56. The third kappa shape index (κ3) is 6.01. The SMILES string of the molecule is CCOC(=O)CC(O)CNCc1ccc(OC)cc1OC. The van der Waals surface area contributed by atoms with Gasteiger partial charge in [-0.3, -0.25) is 4.79 Å². The lowest BCUT2D eigenvalue weighted by atomic mass is 10.2. The number of carbonyl (C=O) groups is 1. The summed E-state index contributed by atoms with van der Waals surface area (Å²) in [5.74, 6) is 1.04. The maximum Gasteiger partial charge on any atom is 0.308 e. The van der Waals surface area contributed by atoms with E-state index in [9.17, 15) is 9.90 Å². The molecule has 118 valence electrons. The Labute approximate surface area is 125 Å². The van der Waals surface area contributed by atoms with Crippen LogP contribution < -0.4 is 14.8 Å². The van der Waals surface area contributed by atoms with Crippen LogP contribution in [0.15, 0.2) is 18.2 Å². The summed E-state index contributed by atoms with van der Waals surface area (Å²) in [6.07, 6.45) is -0.783. The van der Waals surface area contributed by atoms with E-state index in [1.807, 2.05) is 12.1 Å². The highest BCUT2D eigenvalue weighted by molar-refractivity contribution is 5.69. The van der Waals surface area contributed by atoms with Gasteiger partial charge in [-0.1, -0.05) is 6.07 Å². The normalized spacial score (nSPS) is 11.8. The minimum Gasteiger partial charge on any atom is -0.497 e. The van der Waals surface area contributed by atoms with Gasteiger partial charge in [0, 0.05) is 24.7 Å². The van der Waals surface area contributed by atoms with Crippen molar-refractivity contribution < 1.29 is 24.1 Å². The zero-order valence-electron chi connectivity index (χ0n) is 12.7. The molecule has 1 unspecified atom stereocenters. The molecule has 0 fully saturated rings. The minimum absolute atomic E-state index is 0.0133. The molecule has 1 rings (SSSR count). The lowest BCUT2D eigenvalue weighted by molar-refractivity contribution is -0.145. The summed E-state index contributed by atoms with van der Waals surface area (Å²) < 4.78 is 15.2. The van der Waals surface area contributed by atoms with E-state index in [1.165, 1.54) is 0 Å². The van der Waals surface area contributed by atoms with Gasteiger partial charge >= 0.3 is 5.97 Å². The molecule has 0 radical (unpaired) electrons. The monoisotopic (exact) mass is 297 g/mol. The first-order valence-electron chi connectivity index (χ1n) is 6.86. The van der Waals surface area contributed by atoms with Crippen molar-refractivity contribution >= 4 is 5.97 Å². The molecular weight excluding hydrogens is 274 g/mol. The number of benzene rings is 1. The van der Waals surface area contributed by atoms with Crippen LogP contribution in [0.25, 0.3) is 0 Å². The second-order valence-corrected chi connectivity index (χ2v) is 4.47. The number of ether oxygens (including phenoxy) is 3. The van der Waals surface area contributed by atoms with E-state index < -0.39 is 12.1 Å². The van der Waals surface area contributed by atoms with Crippen LogP contribution in [0.2, 0.25) is 0 Å². The molecule has 1 aromatic carbocycles. The summed E-state index contributed by atoms with van der Waals surface area (Å²) in [6.45, 7) is 2.88. The van der Waals surface area contributed by atoms with Gasteiger partial charge in [-0.05, 0) is 13.0 Å². The number of nitrogens with one attached hydrogen (secondary N) is 1. The first-order chi connectivity index (χ1) is 10.1. The van der Waals surface area contributed by atoms with E-state index >= 15 is 0 Å². The third-order valence-corrected chi connectivity index (χ3v) is 2.90. The number of esters is 1. The fourth-order valence-electron chi connectivity index (χ4n) is 1.86. The molecule has 0 aliphatic carbocycles. The van der Waals surface area contributed by atoms with Gasteiger partial charge in [-0.15, -0.1) is 0 Å². The fraction of sp³-hybridized carbons (Fsp3) is 0.533. The number of hydrogen-bond donors (Lipinski definition) is 2. The van der Waals surface area contributed by atoms with Gasteiger partial charge in [0.25, 0.3) is 0 Å². The molecule has 0 saturated carbocycles. The summed E-state index contributed by atoms with van der Waals surface area (Å²) in [5.41, 5.74) is 0.946. The van der Waals surface area contributed by atoms with Crippen LogP contribution in [-0.4, -0.2) is 44.6 Å². The van der Waals surface area contributed by atoms with E-state index in [-0.39, 0.29) is 6.42 Å². The first-order valence-corrected chi connectivity index (χ1v) is 6.86. The Bertz CT molecular complexity index is 450. The average Bonchev–Trinajstić information content (AvgIpc) is 2.47. The fourth-order valence-corrected chi connectivity index (χ4v) is 1.86. The molecule has 21 heavy (non-hydrogen) atoms. The molecule has 0 spiro atoms. The van der Waals surface area contributed by atoms with Crippen molar-refractivity contribution in [3.05, 3.63) is 23.8 Å². The topological polar surface area (TPSA) is 77.0 Å². The predicted molar refractivity (Wildman–Crippen MR) is 78.5 cm³/mol. The largest absolute Gasteiger partial charge is 0.497 e. The molecular formula is C15H23NO5. The van der Waals surface area contributed by atoms with E-state index in [1.54, 1.807) is 27.2 Å². The highest BCUT2D eigenvalue weighted by Crippen LogP contribution is 2.24. The molecule has 1 aromatic rings. The predicted octanol–water partition coefficient (Wildman–Crippen LogP) is 1.11. The van der Waals surface area contributed by atoms with Crippen molar-refractivity contribution in [3.63, 3.8) is 0 Å². The van der Waals surface area contributed by atoms with Crippen LogP contribution in [0.3, 0.4) is 0 Å². The standard InChI is InChI=1S/C15H23NO5/c1-4-21-15(18)7-12(17)10-16-9-11-5-6-13(19-2)8-14(11)20-3/h5-6,8,12,16-17H,4,7,9-10H2,1-3H3. The van der Waals surface area contributed by atoms with Crippen molar-refractivity contribution in [3.8, 4) is 11.5 Å². The van der Waals surface area contributed by atoms with Gasteiger partial charge in [-0.25, -0.2) is 0 Å². The van der Waals surface area contributed by atoms with Crippen LogP contribution in [0.4, 0.5) is 0 Å². The number of carbonyl (C=O) groups excluding carboxylic acids is 1. The van der Waals surface area contributed by atoms with Gasteiger partial charge < -0.3 is 24.6 Å². The quantitative estimate of drug-likeness (QED) is 0.665. The lowest BCUT2D eigenvalue weighted by Gasteiger charge is -2.13. The first kappa shape index (κ1) is 17.3. The molecule has 0 aliphatic rings. The van der Waals surface area contributed by atoms with Crippen LogP contribution in [0, 0.1) is 0 Å². The zero-order valence-corrected chi connectivity index (χ0v) is 12.7. The zero-order chi connectivity index (χ0) is 15.7. The van der Waals surface area contributed by atoms with Crippen molar-refractivity contribution in [2.45, 2.75) is 26.0 Å². The molecule has 0 aromatic heterocycles. The average molecular weight is 297 g/mol. The summed E-state index contributed by atoms with van der Waals surface area (Å²) >= 11 is 0. The Balaban J connectivity index is 2.43. The molecule has 0 bridgehead atoms. The Morgan fingerprint density at radius 3 is 2.71 bits per heavy atom. The highest BCUT2D eigenvalue weighted by atomic mass is 16.5. The van der Waals surface area contributed by atoms with Crippen molar-refractivity contribution in [1.82, 2.24) is 5.32 Å². The molecule has 6 nitrogen and oxygen atoms in total.